The van der Waals surface area contributed by atoms with Crippen molar-refractivity contribution in [2.75, 3.05) is 0 Å². The SMILES string of the molecule is CCC1CCC(N[C@H](C)c2ccccc2Cl)C1. The standard InChI is InChI=1S/C15H22ClN/c1-3-12-8-9-13(10-12)17-11(2)14-6-4-5-7-15(14)16/h4-7,11-13,17H,3,8-10H2,1-2H3/t11-,12?,13?/m1/s1. The molecule has 1 nitrogen and oxygen atoms in total. The van der Waals surface area contributed by atoms with Gasteiger partial charge in [-0.1, -0.05) is 43.1 Å². The third-order valence-electron chi connectivity index (χ3n) is 3.98. The highest BCUT2D eigenvalue weighted by molar-refractivity contribution is 6.31. The molecule has 0 spiro atoms. The summed E-state index contributed by atoms with van der Waals surface area (Å²) in [5, 5.41) is 4.59. The van der Waals surface area contributed by atoms with Crippen LogP contribution in [0.4, 0.5) is 0 Å². The number of benzene rings is 1. The maximum atomic E-state index is 6.22. The lowest BCUT2D eigenvalue weighted by Gasteiger charge is -2.20. The zero-order chi connectivity index (χ0) is 12.3. The normalized spacial score (nSPS) is 26.1. The van der Waals surface area contributed by atoms with Crippen LogP contribution in [-0.4, -0.2) is 6.04 Å². The topological polar surface area (TPSA) is 12.0 Å². The summed E-state index contributed by atoms with van der Waals surface area (Å²) in [4.78, 5) is 0. The van der Waals surface area contributed by atoms with Gasteiger partial charge in [0.2, 0.25) is 0 Å². The van der Waals surface area contributed by atoms with E-state index in [0.29, 0.717) is 12.1 Å². The molecule has 1 aliphatic rings. The Labute approximate surface area is 110 Å². The van der Waals surface area contributed by atoms with Gasteiger partial charge < -0.3 is 5.32 Å². The average molecular weight is 252 g/mol. The highest BCUT2D eigenvalue weighted by Crippen LogP contribution is 2.30. The number of halogens is 1. The van der Waals surface area contributed by atoms with E-state index in [9.17, 15) is 0 Å². The first-order valence-electron chi connectivity index (χ1n) is 6.71. The van der Waals surface area contributed by atoms with Gasteiger partial charge in [0.15, 0.2) is 0 Å². The van der Waals surface area contributed by atoms with Gasteiger partial charge in [0, 0.05) is 17.1 Å². The van der Waals surface area contributed by atoms with Gasteiger partial charge in [0.05, 0.1) is 0 Å². The van der Waals surface area contributed by atoms with Crippen molar-refractivity contribution in [3.63, 3.8) is 0 Å². The molecule has 0 aliphatic heterocycles. The lowest BCUT2D eigenvalue weighted by molar-refractivity contribution is 0.438. The Bertz CT molecular complexity index is 364. The second kappa shape index (κ2) is 5.88. The van der Waals surface area contributed by atoms with E-state index in [2.05, 4.69) is 31.3 Å². The molecule has 2 rings (SSSR count). The zero-order valence-corrected chi connectivity index (χ0v) is 11.5. The molecule has 1 aromatic carbocycles. The first-order chi connectivity index (χ1) is 8.20. The minimum absolute atomic E-state index is 0.351. The van der Waals surface area contributed by atoms with Crippen LogP contribution >= 0.6 is 11.6 Å². The second-order valence-corrected chi connectivity index (χ2v) is 5.60. The van der Waals surface area contributed by atoms with E-state index in [-0.39, 0.29) is 0 Å². The maximum Gasteiger partial charge on any atom is 0.0453 e. The van der Waals surface area contributed by atoms with Gasteiger partial charge in [0.1, 0.15) is 0 Å². The molecular weight excluding hydrogens is 230 g/mol. The molecular formula is C15H22ClN. The van der Waals surface area contributed by atoms with Gasteiger partial charge >= 0.3 is 0 Å². The smallest absolute Gasteiger partial charge is 0.0453 e. The summed E-state index contributed by atoms with van der Waals surface area (Å²) in [5.74, 6) is 0.922. The Hall–Kier alpha value is -0.530. The summed E-state index contributed by atoms with van der Waals surface area (Å²) in [6, 6.07) is 9.16. The van der Waals surface area contributed by atoms with Crippen molar-refractivity contribution in [3.05, 3.63) is 34.9 Å². The van der Waals surface area contributed by atoms with Gasteiger partial charge in [-0.15, -0.1) is 0 Å². The Balaban J connectivity index is 1.94. The monoisotopic (exact) mass is 251 g/mol. The fourth-order valence-electron chi connectivity index (χ4n) is 2.87. The fourth-order valence-corrected chi connectivity index (χ4v) is 3.17. The maximum absolute atomic E-state index is 6.22. The molecule has 17 heavy (non-hydrogen) atoms. The van der Waals surface area contributed by atoms with Crippen LogP contribution in [0.5, 0.6) is 0 Å². The van der Waals surface area contributed by atoms with Crippen molar-refractivity contribution < 1.29 is 0 Å². The van der Waals surface area contributed by atoms with Gasteiger partial charge in [-0.2, -0.15) is 0 Å². The van der Waals surface area contributed by atoms with E-state index >= 15 is 0 Å². The van der Waals surface area contributed by atoms with Gasteiger partial charge in [-0.05, 0) is 43.7 Å². The summed E-state index contributed by atoms with van der Waals surface area (Å²) < 4.78 is 0. The number of nitrogens with one attached hydrogen (secondary N) is 1. The van der Waals surface area contributed by atoms with Crippen LogP contribution < -0.4 is 5.32 Å². The highest BCUT2D eigenvalue weighted by Gasteiger charge is 2.24. The van der Waals surface area contributed by atoms with Crippen LogP contribution in [-0.2, 0) is 0 Å². The first kappa shape index (κ1) is 12.9. The molecule has 3 atom stereocenters. The first-order valence-corrected chi connectivity index (χ1v) is 7.09. The van der Waals surface area contributed by atoms with Crippen molar-refractivity contribution in [3.8, 4) is 0 Å². The molecule has 94 valence electrons. The van der Waals surface area contributed by atoms with E-state index in [1.54, 1.807) is 0 Å². The number of hydrogen-bond acceptors (Lipinski definition) is 1. The second-order valence-electron chi connectivity index (χ2n) is 5.19. The predicted molar refractivity (Wildman–Crippen MR) is 74.4 cm³/mol. The Morgan fingerprint density at radius 3 is 2.76 bits per heavy atom. The van der Waals surface area contributed by atoms with Crippen LogP contribution in [0.2, 0.25) is 5.02 Å². The minimum Gasteiger partial charge on any atom is -0.307 e. The average Bonchev–Trinajstić information content (AvgIpc) is 2.77. The summed E-state index contributed by atoms with van der Waals surface area (Å²) in [5.41, 5.74) is 1.22. The van der Waals surface area contributed by atoms with Gasteiger partial charge in [-0.25, -0.2) is 0 Å². The largest absolute Gasteiger partial charge is 0.307 e. The zero-order valence-electron chi connectivity index (χ0n) is 10.7. The van der Waals surface area contributed by atoms with Gasteiger partial charge in [0.25, 0.3) is 0 Å². The van der Waals surface area contributed by atoms with Gasteiger partial charge in [-0.3, -0.25) is 0 Å². The fraction of sp³-hybridized carbons (Fsp3) is 0.600. The van der Waals surface area contributed by atoms with Crippen LogP contribution in [0.25, 0.3) is 0 Å². The third kappa shape index (κ3) is 3.23. The predicted octanol–water partition coefficient (Wildman–Crippen LogP) is 4.57. The molecule has 0 amide bonds. The van der Waals surface area contributed by atoms with Crippen LogP contribution in [0, 0.1) is 5.92 Å². The summed E-state index contributed by atoms with van der Waals surface area (Å²) in [6.07, 6.45) is 5.33. The quantitative estimate of drug-likeness (QED) is 0.827. The van der Waals surface area contributed by atoms with Crippen LogP contribution in [0.1, 0.15) is 51.1 Å². The summed E-state index contributed by atoms with van der Waals surface area (Å²) in [6.45, 7) is 4.50. The van der Waals surface area contributed by atoms with Crippen molar-refractivity contribution in [1.29, 1.82) is 0 Å². The lowest BCUT2D eigenvalue weighted by Crippen LogP contribution is -2.29. The van der Waals surface area contributed by atoms with Crippen molar-refractivity contribution in [1.82, 2.24) is 5.32 Å². The Morgan fingerprint density at radius 1 is 1.35 bits per heavy atom. The Kier molecular flexibility index (Phi) is 4.47. The van der Waals surface area contributed by atoms with Crippen molar-refractivity contribution in [2.45, 2.75) is 51.6 Å². The highest BCUT2D eigenvalue weighted by atomic mass is 35.5. The molecule has 2 heteroatoms. The van der Waals surface area contributed by atoms with E-state index in [1.807, 2.05) is 12.1 Å². The molecule has 1 fully saturated rings. The molecule has 0 heterocycles. The Morgan fingerprint density at radius 2 is 2.12 bits per heavy atom. The van der Waals surface area contributed by atoms with Crippen molar-refractivity contribution in [2.24, 2.45) is 5.92 Å². The molecule has 1 N–H and O–H groups in total. The molecule has 1 aromatic rings. The van der Waals surface area contributed by atoms with E-state index in [4.69, 9.17) is 11.6 Å². The molecule has 0 bridgehead atoms. The number of rotatable bonds is 4. The molecule has 0 saturated heterocycles. The van der Waals surface area contributed by atoms with Crippen LogP contribution in [0.15, 0.2) is 24.3 Å². The molecule has 0 radical (unpaired) electrons. The molecule has 0 aromatic heterocycles. The van der Waals surface area contributed by atoms with Crippen molar-refractivity contribution >= 4 is 11.6 Å². The minimum atomic E-state index is 0.351. The van der Waals surface area contributed by atoms with Crippen LogP contribution in [0.3, 0.4) is 0 Å². The number of hydrogen-bond donors (Lipinski definition) is 1. The summed E-state index contributed by atoms with van der Waals surface area (Å²) in [7, 11) is 0. The van der Waals surface area contributed by atoms with E-state index < -0.39 is 0 Å². The van der Waals surface area contributed by atoms with E-state index in [0.717, 1.165) is 10.9 Å². The third-order valence-corrected chi connectivity index (χ3v) is 4.32. The molecule has 1 aliphatic carbocycles. The molecule has 2 unspecified atom stereocenters. The molecule has 1 saturated carbocycles. The van der Waals surface area contributed by atoms with E-state index in [1.165, 1.54) is 31.2 Å². The lowest BCUT2D eigenvalue weighted by atomic mass is 10.0. The summed E-state index contributed by atoms with van der Waals surface area (Å²) >= 11 is 6.22.